The van der Waals surface area contributed by atoms with Crippen molar-refractivity contribution < 1.29 is 9.53 Å². The number of aryl methyl sites for hydroxylation is 1. The third-order valence-corrected chi connectivity index (χ3v) is 5.21. The minimum Gasteiger partial charge on any atom is -0.497 e. The Labute approximate surface area is 163 Å². The number of hydrogen-bond acceptors (Lipinski definition) is 5. The molecule has 0 aliphatic heterocycles. The Balaban J connectivity index is 1.62. The van der Waals surface area contributed by atoms with Crippen LogP contribution in [0.3, 0.4) is 0 Å². The number of carbonyl (C=O) groups excluding carboxylic acids is 1. The summed E-state index contributed by atoms with van der Waals surface area (Å²) in [6, 6.07) is 15.7. The summed E-state index contributed by atoms with van der Waals surface area (Å²) in [6.45, 7) is 2.65. The molecule has 2 aromatic carbocycles. The van der Waals surface area contributed by atoms with Crippen LogP contribution in [0.25, 0.3) is 5.69 Å². The van der Waals surface area contributed by atoms with Crippen LogP contribution >= 0.6 is 11.8 Å². The van der Waals surface area contributed by atoms with Crippen LogP contribution in [0.5, 0.6) is 5.75 Å². The lowest BCUT2D eigenvalue weighted by Gasteiger charge is -2.18. The van der Waals surface area contributed by atoms with Crippen LogP contribution < -0.4 is 4.74 Å². The fraction of sp³-hybridized carbons (Fsp3) is 0.250. The number of carbonyl (C=O) groups is 1. The van der Waals surface area contributed by atoms with Gasteiger partial charge in [0, 0.05) is 19.3 Å². The van der Waals surface area contributed by atoms with Crippen molar-refractivity contribution in [1.29, 1.82) is 0 Å². The summed E-state index contributed by atoms with van der Waals surface area (Å²) in [6.07, 6.45) is 1.64. The maximum absolute atomic E-state index is 12.5. The molecule has 0 fully saturated rings. The van der Waals surface area contributed by atoms with Crippen LogP contribution in [0.15, 0.2) is 60.0 Å². The van der Waals surface area contributed by atoms with Gasteiger partial charge in [-0.05, 0) is 42.3 Å². The van der Waals surface area contributed by atoms with E-state index >= 15 is 0 Å². The van der Waals surface area contributed by atoms with Crippen molar-refractivity contribution in [1.82, 2.24) is 19.7 Å². The first-order chi connectivity index (χ1) is 13.1. The highest BCUT2D eigenvalue weighted by molar-refractivity contribution is 7.99. The third-order valence-electron chi connectivity index (χ3n) is 4.29. The summed E-state index contributed by atoms with van der Waals surface area (Å²) in [5.41, 5.74) is 3.26. The highest BCUT2D eigenvalue weighted by Gasteiger charge is 2.14. The Morgan fingerprint density at radius 2 is 1.93 bits per heavy atom. The van der Waals surface area contributed by atoms with Crippen molar-refractivity contribution in [2.45, 2.75) is 18.6 Å². The molecule has 0 atom stereocenters. The number of methoxy groups -OCH3 is 1. The van der Waals surface area contributed by atoms with Crippen LogP contribution in [0.2, 0.25) is 0 Å². The average molecular weight is 382 g/mol. The zero-order valence-corrected chi connectivity index (χ0v) is 16.4. The number of aromatic nitrogens is 3. The smallest absolute Gasteiger partial charge is 0.233 e. The molecule has 0 aliphatic carbocycles. The van der Waals surface area contributed by atoms with Gasteiger partial charge in [0.15, 0.2) is 5.16 Å². The molecule has 27 heavy (non-hydrogen) atoms. The Bertz CT molecular complexity index is 908. The molecule has 140 valence electrons. The molecule has 3 aromatic rings. The van der Waals surface area contributed by atoms with Crippen LogP contribution in [0, 0.1) is 6.92 Å². The monoisotopic (exact) mass is 382 g/mol. The Morgan fingerprint density at radius 1 is 1.19 bits per heavy atom. The largest absolute Gasteiger partial charge is 0.497 e. The van der Waals surface area contributed by atoms with Gasteiger partial charge in [-0.1, -0.05) is 36.0 Å². The molecule has 1 aromatic heterocycles. The molecular formula is C20H22N4O2S. The maximum Gasteiger partial charge on any atom is 0.233 e. The van der Waals surface area contributed by atoms with Gasteiger partial charge in [0.05, 0.1) is 12.9 Å². The van der Waals surface area contributed by atoms with Crippen LogP contribution in [0.1, 0.15) is 11.1 Å². The first-order valence-corrected chi connectivity index (χ1v) is 9.52. The van der Waals surface area contributed by atoms with Gasteiger partial charge in [-0.3, -0.25) is 9.36 Å². The highest BCUT2D eigenvalue weighted by atomic mass is 32.2. The second kappa shape index (κ2) is 8.73. The molecule has 7 heteroatoms. The molecule has 0 N–H and O–H groups in total. The van der Waals surface area contributed by atoms with Gasteiger partial charge < -0.3 is 9.64 Å². The molecular weight excluding hydrogens is 360 g/mol. The van der Waals surface area contributed by atoms with Crippen molar-refractivity contribution in [3.8, 4) is 11.4 Å². The average Bonchev–Trinajstić information content (AvgIpc) is 3.16. The predicted octanol–water partition coefficient (Wildman–Crippen LogP) is 3.34. The van der Waals surface area contributed by atoms with Gasteiger partial charge in [-0.2, -0.15) is 0 Å². The summed E-state index contributed by atoms with van der Waals surface area (Å²) in [5.74, 6) is 1.14. The zero-order valence-electron chi connectivity index (χ0n) is 15.6. The van der Waals surface area contributed by atoms with E-state index in [2.05, 4.69) is 23.2 Å². The minimum atomic E-state index is 0.0486. The van der Waals surface area contributed by atoms with Gasteiger partial charge in [-0.15, -0.1) is 10.2 Å². The Kier molecular flexibility index (Phi) is 6.13. The molecule has 0 unspecified atom stereocenters. The number of nitrogens with zero attached hydrogens (tertiary/aromatic N) is 4. The van der Waals surface area contributed by atoms with Gasteiger partial charge >= 0.3 is 0 Å². The molecule has 1 amide bonds. The fourth-order valence-electron chi connectivity index (χ4n) is 2.61. The summed E-state index contributed by atoms with van der Waals surface area (Å²) in [4.78, 5) is 14.3. The number of benzene rings is 2. The maximum atomic E-state index is 12.5. The molecule has 1 heterocycles. The number of ether oxygens (including phenoxy) is 1. The summed E-state index contributed by atoms with van der Waals surface area (Å²) < 4.78 is 7.04. The summed E-state index contributed by atoms with van der Waals surface area (Å²) in [5, 5.41) is 8.80. The fourth-order valence-corrected chi connectivity index (χ4v) is 3.48. The van der Waals surface area contributed by atoms with E-state index in [0.717, 1.165) is 17.0 Å². The van der Waals surface area contributed by atoms with Gasteiger partial charge in [0.2, 0.25) is 5.91 Å². The van der Waals surface area contributed by atoms with E-state index in [1.54, 1.807) is 18.3 Å². The topological polar surface area (TPSA) is 60.2 Å². The van der Waals surface area contributed by atoms with E-state index in [0.29, 0.717) is 17.5 Å². The number of hydrogen-bond donors (Lipinski definition) is 0. The predicted molar refractivity (Wildman–Crippen MR) is 106 cm³/mol. The van der Waals surface area contributed by atoms with Crippen LogP contribution in [-0.4, -0.2) is 45.5 Å². The minimum absolute atomic E-state index is 0.0486. The lowest BCUT2D eigenvalue weighted by molar-refractivity contribution is -0.127. The van der Waals surface area contributed by atoms with Crippen molar-refractivity contribution in [3.05, 3.63) is 66.0 Å². The van der Waals surface area contributed by atoms with Gasteiger partial charge in [0.25, 0.3) is 0 Å². The third kappa shape index (κ3) is 4.68. The second-order valence-corrected chi connectivity index (χ2v) is 7.09. The van der Waals surface area contributed by atoms with E-state index in [-0.39, 0.29) is 5.91 Å². The molecule has 0 saturated heterocycles. The summed E-state index contributed by atoms with van der Waals surface area (Å²) in [7, 11) is 3.46. The lowest BCUT2D eigenvalue weighted by Crippen LogP contribution is -2.28. The van der Waals surface area contributed by atoms with Crippen molar-refractivity contribution in [2.24, 2.45) is 0 Å². The van der Waals surface area contributed by atoms with E-state index in [4.69, 9.17) is 4.74 Å². The zero-order chi connectivity index (χ0) is 19.2. The SMILES string of the molecule is COc1ccc(-n2cnnc2SCC(=O)N(C)Cc2ccccc2C)cc1. The Morgan fingerprint density at radius 3 is 2.63 bits per heavy atom. The number of amides is 1. The lowest BCUT2D eigenvalue weighted by atomic mass is 10.1. The Hall–Kier alpha value is -2.80. The molecule has 0 aliphatic rings. The van der Waals surface area contributed by atoms with Crippen LogP contribution in [0.4, 0.5) is 0 Å². The number of thioether (sulfide) groups is 1. The molecule has 0 radical (unpaired) electrons. The van der Waals surface area contributed by atoms with E-state index in [1.807, 2.05) is 54.1 Å². The van der Waals surface area contributed by atoms with Crippen molar-refractivity contribution in [2.75, 3.05) is 19.9 Å². The van der Waals surface area contributed by atoms with E-state index in [9.17, 15) is 4.79 Å². The van der Waals surface area contributed by atoms with Crippen molar-refractivity contribution >= 4 is 17.7 Å². The molecule has 0 bridgehead atoms. The molecule has 0 spiro atoms. The quantitative estimate of drug-likeness (QED) is 0.587. The standard InChI is InChI=1S/C20H22N4O2S/c1-15-6-4-5-7-16(15)12-23(2)19(25)13-27-20-22-21-14-24(20)17-8-10-18(26-3)11-9-17/h4-11,14H,12-13H2,1-3H3. The molecule has 3 rings (SSSR count). The molecule has 6 nitrogen and oxygen atoms in total. The first kappa shape index (κ1) is 19.0. The van der Waals surface area contributed by atoms with E-state index in [1.165, 1.54) is 17.3 Å². The van der Waals surface area contributed by atoms with Gasteiger partial charge in [0.1, 0.15) is 12.1 Å². The normalized spacial score (nSPS) is 10.6. The first-order valence-electron chi connectivity index (χ1n) is 8.54. The van der Waals surface area contributed by atoms with E-state index < -0.39 is 0 Å². The second-order valence-electron chi connectivity index (χ2n) is 6.15. The highest BCUT2D eigenvalue weighted by Crippen LogP contribution is 2.22. The van der Waals surface area contributed by atoms with Gasteiger partial charge in [-0.25, -0.2) is 0 Å². The number of rotatable bonds is 7. The van der Waals surface area contributed by atoms with Crippen LogP contribution in [-0.2, 0) is 11.3 Å². The molecule has 0 saturated carbocycles. The van der Waals surface area contributed by atoms with Crippen molar-refractivity contribution in [3.63, 3.8) is 0 Å². The summed E-state index contributed by atoms with van der Waals surface area (Å²) >= 11 is 1.38.